The predicted octanol–water partition coefficient (Wildman–Crippen LogP) is 0.363. The van der Waals surface area contributed by atoms with E-state index in [0.717, 1.165) is 6.42 Å². The van der Waals surface area contributed by atoms with Gasteiger partial charge in [-0.3, -0.25) is 4.79 Å². The summed E-state index contributed by atoms with van der Waals surface area (Å²) in [6.45, 7) is 6.63. The first kappa shape index (κ1) is 11.5. The van der Waals surface area contributed by atoms with Gasteiger partial charge in [0.2, 0.25) is 5.91 Å². The van der Waals surface area contributed by atoms with Crippen LogP contribution < -0.4 is 5.73 Å². The van der Waals surface area contributed by atoms with Gasteiger partial charge in [-0.15, -0.1) is 0 Å². The number of carbonyl (C=O) groups is 1. The van der Waals surface area contributed by atoms with Gasteiger partial charge in [0, 0.05) is 13.0 Å². The highest BCUT2D eigenvalue weighted by Gasteiger charge is 2.33. The minimum absolute atomic E-state index is 0.163. The highest BCUT2D eigenvalue weighted by Crippen LogP contribution is 2.19. The maximum absolute atomic E-state index is 11.8. The summed E-state index contributed by atoms with van der Waals surface area (Å²) < 4.78 is 5.35. The highest BCUT2D eigenvalue weighted by molar-refractivity contribution is 5.77. The van der Waals surface area contributed by atoms with Crippen LogP contribution in [0.15, 0.2) is 0 Å². The molecule has 14 heavy (non-hydrogen) atoms. The number of nitrogens with zero attached hydrogens (tertiary/aromatic N) is 1. The Morgan fingerprint density at radius 3 is 2.86 bits per heavy atom. The third-order valence-electron chi connectivity index (χ3n) is 2.54. The lowest BCUT2D eigenvalue weighted by molar-refractivity contribution is -0.146. The summed E-state index contributed by atoms with van der Waals surface area (Å²) in [7, 11) is 0. The van der Waals surface area contributed by atoms with E-state index in [1.807, 2.05) is 18.7 Å². The zero-order valence-corrected chi connectivity index (χ0v) is 9.08. The number of amides is 1. The van der Waals surface area contributed by atoms with Crippen molar-refractivity contribution in [3.05, 3.63) is 0 Å². The van der Waals surface area contributed by atoms with E-state index in [1.54, 1.807) is 0 Å². The van der Waals surface area contributed by atoms with Crippen molar-refractivity contribution in [3.8, 4) is 0 Å². The molecule has 0 aromatic rings. The van der Waals surface area contributed by atoms with E-state index >= 15 is 0 Å². The molecule has 1 amide bonds. The molecular formula is C10H20N2O2. The van der Waals surface area contributed by atoms with E-state index in [2.05, 4.69) is 0 Å². The minimum Gasteiger partial charge on any atom is -0.377 e. The van der Waals surface area contributed by atoms with Crippen LogP contribution in [0.2, 0.25) is 0 Å². The summed E-state index contributed by atoms with van der Waals surface area (Å²) in [6.07, 6.45) is 1.33. The maximum atomic E-state index is 11.8. The molecule has 1 rings (SSSR count). The summed E-state index contributed by atoms with van der Waals surface area (Å²) in [4.78, 5) is 13.7. The number of morpholine rings is 1. The molecule has 0 radical (unpaired) electrons. The zero-order chi connectivity index (χ0) is 10.6. The SMILES string of the molecule is CC1(C)COCCN1C(=O)CCCN. The second-order valence-electron chi connectivity index (χ2n) is 4.30. The van der Waals surface area contributed by atoms with Crippen molar-refractivity contribution >= 4 is 5.91 Å². The lowest BCUT2D eigenvalue weighted by atomic mass is 10.0. The number of nitrogens with two attached hydrogens (primary N) is 1. The fraction of sp³-hybridized carbons (Fsp3) is 0.900. The number of hydrogen-bond acceptors (Lipinski definition) is 3. The van der Waals surface area contributed by atoms with Gasteiger partial charge in [0.1, 0.15) is 0 Å². The molecule has 1 fully saturated rings. The van der Waals surface area contributed by atoms with Gasteiger partial charge in [0.05, 0.1) is 18.8 Å². The molecule has 1 saturated heterocycles. The van der Waals surface area contributed by atoms with E-state index in [0.29, 0.717) is 32.7 Å². The smallest absolute Gasteiger partial charge is 0.223 e. The topological polar surface area (TPSA) is 55.6 Å². The second-order valence-corrected chi connectivity index (χ2v) is 4.30. The molecule has 1 heterocycles. The first-order valence-electron chi connectivity index (χ1n) is 5.16. The lowest BCUT2D eigenvalue weighted by Crippen LogP contribution is -2.55. The first-order chi connectivity index (χ1) is 6.58. The molecule has 2 N–H and O–H groups in total. The second kappa shape index (κ2) is 4.75. The monoisotopic (exact) mass is 200 g/mol. The predicted molar refractivity (Wildman–Crippen MR) is 54.9 cm³/mol. The molecule has 0 bridgehead atoms. The van der Waals surface area contributed by atoms with Crippen LogP contribution in [0.3, 0.4) is 0 Å². The lowest BCUT2D eigenvalue weighted by Gasteiger charge is -2.42. The molecule has 4 heteroatoms. The number of hydrogen-bond donors (Lipinski definition) is 1. The molecule has 1 aliphatic rings. The van der Waals surface area contributed by atoms with Crippen LogP contribution in [-0.4, -0.2) is 42.6 Å². The molecule has 4 nitrogen and oxygen atoms in total. The highest BCUT2D eigenvalue weighted by atomic mass is 16.5. The van der Waals surface area contributed by atoms with Crippen molar-refractivity contribution in [1.82, 2.24) is 4.90 Å². The number of rotatable bonds is 3. The summed E-state index contributed by atoms with van der Waals surface area (Å²) in [5.74, 6) is 0.198. The van der Waals surface area contributed by atoms with Crippen LogP contribution in [0, 0.1) is 0 Å². The average Bonchev–Trinajstić information content (AvgIpc) is 2.13. The summed E-state index contributed by atoms with van der Waals surface area (Å²) in [5, 5.41) is 0. The van der Waals surface area contributed by atoms with Crippen molar-refractivity contribution in [1.29, 1.82) is 0 Å². The van der Waals surface area contributed by atoms with Crippen LogP contribution in [0.4, 0.5) is 0 Å². The van der Waals surface area contributed by atoms with Crippen molar-refractivity contribution in [2.45, 2.75) is 32.2 Å². The molecule has 0 saturated carbocycles. The minimum atomic E-state index is -0.163. The molecule has 0 aromatic heterocycles. The Morgan fingerprint density at radius 1 is 1.57 bits per heavy atom. The molecule has 1 aliphatic heterocycles. The van der Waals surface area contributed by atoms with Gasteiger partial charge in [-0.1, -0.05) is 0 Å². The summed E-state index contributed by atoms with van der Waals surface area (Å²) in [5.41, 5.74) is 5.22. The fourth-order valence-corrected chi connectivity index (χ4v) is 1.71. The third-order valence-corrected chi connectivity index (χ3v) is 2.54. The van der Waals surface area contributed by atoms with Crippen LogP contribution in [0.5, 0.6) is 0 Å². The van der Waals surface area contributed by atoms with Gasteiger partial charge in [0.15, 0.2) is 0 Å². The Labute approximate surface area is 85.4 Å². The molecule has 0 unspecified atom stereocenters. The quantitative estimate of drug-likeness (QED) is 0.715. The largest absolute Gasteiger partial charge is 0.377 e. The molecular weight excluding hydrogens is 180 g/mol. The van der Waals surface area contributed by atoms with E-state index < -0.39 is 0 Å². The summed E-state index contributed by atoms with van der Waals surface area (Å²) in [6, 6.07) is 0. The summed E-state index contributed by atoms with van der Waals surface area (Å²) >= 11 is 0. The molecule has 0 spiro atoms. The molecule has 0 aliphatic carbocycles. The van der Waals surface area contributed by atoms with E-state index in [-0.39, 0.29) is 11.4 Å². The van der Waals surface area contributed by atoms with Gasteiger partial charge < -0.3 is 15.4 Å². The normalized spacial score (nSPS) is 20.9. The maximum Gasteiger partial charge on any atom is 0.223 e. The van der Waals surface area contributed by atoms with Crippen LogP contribution in [0.1, 0.15) is 26.7 Å². The average molecular weight is 200 g/mol. The Balaban J connectivity index is 2.51. The zero-order valence-electron chi connectivity index (χ0n) is 9.08. The Kier molecular flexibility index (Phi) is 3.89. The van der Waals surface area contributed by atoms with Gasteiger partial charge >= 0.3 is 0 Å². The number of ether oxygens (including phenoxy) is 1. The van der Waals surface area contributed by atoms with Crippen LogP contribution >= 0.6 is 0 Å². The molecule has 82 valence electrons. The Bertz CT molecular complexity index is 204. The third kappa shape index (κ3) is 2.69. The van der Waals surface area contributed by atoms with Gasteiger partial charge in [0.25, 0.3) is 0 Å². The molecule has 0 atom stereocenters. The van der Waals surface area contributed by atoms with Crippen molar-refractivity contribution in [2.75, 3.05) is 26.3 Å². The van der Waals surface area contributed by atoms with Gasteiger partial charge in [-0.05, 0) is 26.8 Å². The van der Waals surface area contributed by atoms with Gasteiger partial charge in [-0.25, -0.2) is 0 Å². The van der Waals surface area contributed by atoms with Crippen LogP contribution in [0.25, 0.3) is 0 Å². The molecule has 0 aromatic carbocycles. The van der Waals surface area contributed by atoms with E-state index in [4.69, 9.17) is 10.5 Å². The Morgan fingerprint density at radius 2 is 2.29 bits per heavy atom. The van der Waals surface area contributed by atoms with E-state index in [1.165, 1.54) is 0 Å². The standard InChI is InChI=1S/C10H20N2O2/c1-10(2)8-14-7-6-12(10)9(13)4-3-5-11/h3-8,11H2,1-2H3. The Hall–Kier alpha value is -0.610. The van der Waals surface area contributed by atoms with Crippen molar-refractivity contribution in [3.63, 3.8) is 0 Å². The van der Waals surface area contributed by atoms with Gasteiger partial charge in [-0.2, -0.15) is 0 Å². The first-order valence-corrected chi connectivity index (χ1v) is 5.16. The fourth-order valence-electron chi connectivity index (χ4n) is 1.71. The van der Waals surface area contributed by atoms with E-state index in [9.17, 15) is 4.79 Å². The van der Waals surface area contributed by atoms with Crippen molar-refractivity contribution in [2.24, 2.45) is 5.73 Å². The van der Waals surface area contributed by atoms with Crippen LogP contribution in [-0.2, 0) is 9.53 Å². The van der Waals surface area contributed by atoms with Crippen molar-refractivity contribution < 1.29 is 9.53 Å². The number of carbonyl (C=O) groups excluding carboxylic acids is 1.